The number of carbonyl (C=O) groups is 1. The predicted octanol–water partition coefficient (Wildman–Crippen LogP) is 1.62. The van der Waals surface area contributed by atoms with Gasteiger partial charge in [0.05, 0.1) is 12.6 Å². The fourth-order valence-corrected chi connectivity index (χ4v) is 2.29. The topological polar surface area (TPSA) is 51.2 Å². The first-order valence-corrected chi connectivity index (χ1v) is 5.51. The van der Waals surface area contributed by atoms with Gasteiger partial charge in [-0.15, -0.1) is 0 Å². The molecule has 17 heavy (non-hydrogen) atoms. The molecule has 3 rings (SSSR count). The third-order valence-electron chi connectivity index (χ3n) is 3.09. The van der Waals surface area contributed by atoms with E-state index in [9.17, 15) is 4.79 Å². The van der Waals surface area contributed by atoms with E-state index in [4.69, 9.17) is 4.74 Å². The normalized spacial score (nSPS) is 13.7. The second kappa shape index (κ2) is 3.82. The molecule has 0 saturated heterocycles. The molecule has 86 valence electrons. The molecule has 0 bridgehead atoms. The summed E-state index contributed by atoms with van der Waals surface area (Å²) < 4.78 is 4.78. The lowest BCUT2D eigenvalue weighted by atomic mass is 10.0. The van der Waals surface area contributed by atoms with Crippen LogP contribution < -0.4 is 5.32 Å². The number of para-hydroxylation sites is 1. The molecule has 4 heteroatoms. The van der Waals surface area contributed by atoms with Crippen molar-refractivity contribution >= 4 is 16.9 Å². The first kappa shape index (κ1) is 10.2. The lowest BCUT2D eigenvalue weighted by Gasteiger charge is -2.08. The van der Waals surface area contributed by atoms with Crippen LogP contribution in [0.5, 0.6) is 0 Å². The number of carbonyl (C=O) groups excluding carboxylic acids is 1. The summed E-state index contributed by atoms with van der Waals surface area (Å²) in [6.07, 6.45) is 0. The molecule has 4 nitrogen and oxygen atoms in total. The number of ether oxygens (including phenoxy) is 1. The quantitative estimate of drug-likeness (QED) is 0.754. The van der Waals surface area contributed by atoms with Gasteiger partial charge in [0.1, 0.15) is 0 Å². The Morgan fingerprint density at radius 1 is 1.29 bits per heavy atom. The number of fused-ring (bicyclic) bond motifs is 3. The standard InChI is InChI=1S/C13H12N2O2/c1-17-13(16)12-10-7-14-6-9(10)8-4-2-3-5-11(8)15-12/h2-5,14H,6-7H2,1H3. The highest BCUT2D eigenvalue weighted by molar-refractivity contribution is 5.95. The highest BCUT2D eigenvalue weighted by Gasteiger charge is 2.23. The van der Waals surface area contributed by atoms with Gasteiger partial charge in [0.15, 0.2) is 5.69 Å². The zero-order valence-electron chi connectivity index (χ0n) is 9.49. The number of pyridine rings is 1. The SMILES string of the molecule is COC(=O)c1nc2ccccc2c2c1CNC2. The van der Waals surface area contributed by atoms with E-state index in [0.29, 0.717) is 12.2 Å². The minimum atomic E-state index is -0.365. The third kappa shape index (κ3) is 1.49. The van der Waals surface area contributed by atoms with Crippen molar-refractivity contribution in [1.82, 2.24) is 10.3 Å². The van der Waals surface area contributed by atoms with Gasteiger partial charge in [0, 0.05) is 24.0 Å². The van der Waals surface area contributed by atoms with Crippen molar-refractivity contribution in [2.24, 2.45) is 0 Å². The average molecular weight is 228 g/mol. The summed E-state index contributed by atoms with van der Waals surface area (Å²) in [5.74, 6) is -0.365. The van der Waals surface area contributed by atoms with Gasteiger partial charge < -0.3 is 10.1 Å². The maximum absolute atomic E-state index is 11.7. The molecule has 1 aromatic heterocycles. The molecule has 0 radical (unpaired) electrons. The van der Waals surface area contributed by atoms with E-state index in [2.05, 4.69) is 10.3 Å². The van der Waals surface area contributed by atoms with E-state index in [-0.39, 0.29) is 5.97 Å². The summed E-state index contributed by atoms with van der Waals surface area (Å²) >= 11 is 0. The second-order valence-corrected chi connectivity index (χ2v) is 4.03. The van der Waals surface area contributed by atoms with Crippen molar-refractivity contribution in [1.29, 1.82) is 0 Å². The minimum Gasteiger partial charge on any atom is -0.464 e. The van der Waals surface area contributed by atoms with Gasteiger partial charge in [-0.2, -0.15) is 0 Å². The van der Waals surface area contributed by atoms with Crippen molar-refractivity contribution in [3.05, 3.63) is 41.1 Å². The molecule has 0 fully saturated rings. The van der Waals surface area contributed by atoms with Crippen molar-refractivity contribution < 1.29 is 9.53 Å². The Balaban J connectivity index is 2.34. The second-order valence-electron chi connectivity index (χ2n) is 4.03. The van der Waals surface area contributed by atoms with Crippen molar-refractivity contribution in [2.45, 2.75) is 13.1 Å². The summed E-state index contributed by atoms with van der Waals surface area (Å²) in [5, 5.41) is 4.36. The molecular weight excluding hydrogens is 216 g/mol. The zero-order valence-corrected chi connectivity index (χ0v) is 9.49. The first-order valence-electron chi connectivity index (χ1n) is 5.51. The van der Waals surface area contributed by atoms with Gasteiger partial charge in [-0.1, -0.05) is 18.2 Å². The molecule has 1 N–H and O–H groups in total. The molecule has 0 atom stereocenters. The summed E-state index contributed by atoms with van der Waals surface area (Å²) in [7, 11) is 1.38. The lowest BCUT2D eigenvalue weighted by molar-refractivity contribution is 0.0593. The molecule has 0 aliphatic carbocycles. The summed E-state index contributed by atoms with van der Waals surface area (Å²) in [5.41, 5.74) is 3.41. The Bertz CT molecular complexity index is 608. The maximum Gasteiger partial charge on any atom is 0.357 e. The molecule has 0 amide bonds. The lowest BCUT2D eigenvalue weighted by Crippen LogP contribution is -2.10. The molecule has 0 spiro atoms. The van der Waals surface area contributed by atoms with Crippen LogP contribution in [0.4, 0.5) is 0 Å². The Morgan fingerprint density at radius 3 is 2.88 bits per heavy atom. The van der Waals surface area contributed by atoms with E-state index in [0.717, 1.165) is 28.6 Å². The molecule has 1 aliphatic rings. The molecule has 0 unspecified atom stereocenters. The highest BCUT2D eigenvalue weighted by Crippen LogP contribution is 2.27. The average Bonchev–Trinajstić information content (AvgIpc) is 2.86. The number of hydrogen-bond donors (Lipinski definition) is 1. The molecule has 1 aliphatic heterocycles. The Morgan fingerprint density at radius 2 is 2.06 bits per heavy atom. The van der Waals surface area contributed by atoms with E-state index >= 15 is 0 Å². The Hall–Kier alpha value is -1.94. The number of benzene rings is 1. The van der Waals surface area contributed by atoms with Gasteiger partial charge in [0.25, 0.3) is 0 Å². The van der Waals surface area contributed by atoms with Crippen LogP contribution in [0.15, 0.2) is 24.3 Å². The van der Waals surface area contributed by atoms with Crippen LogP contribution in [0.1, 0.15) is 21.6 Å². The Labute approximate surface area is 98.6 Å². The van der Waals surface area contributed by atoms with E-state index in [1.54, 1.807) is 0 Å². The highest BCUT2D eigenvalue weighted by atomic mass is 16.5. The van der Waals surface area contributed by atoms with Crippen LogP contribution in [0.25, 0.3) is 10.9 Å². The van der Waals surface area contributed by atoms with Crippen LogP contribution in [0.2, 0.25) is 0 Å². The van der Waals surface area contributed by atoms with Gasteiger partial charge in [-0.05, 0) is 11.6 Å². The van der Waals surface area contributed by atoms with Crippen LogP contribution >= 0.6 is 0 Å². The number of esters is 1. The van der Waals surface area contributed by atoms with Gasteiger partial charge in [0.2, 0.25) is 0 Å². The van der Waals surface area contributed by atoms with E-state index in [1.807, 2.05) is 24.3 Å². The summed E-state index contributed by atoms with van der Waals surface area (Å²) in [6.45, 7) is 1.46. The predicted molar refractivity (Wildman–Crippen MR) is 63.6 cm³/mol. The van der Waals surface area contributed by atoms with E-state index in [1.165, 1.54) is 7.11 Å². The summed E-state index contributed by atoms with van der Waals surface area (Å²) in [6, 6.07) is 7.86. The van der Waals surface area contributed by atoms with Crippen LogP contribution in [0, 0.1) is 0 Å². The summed E-state index contributed by atoms with van der Waals surface area (Å²) in [4.78, 5) is 16.1. The largest absolute Gasteiger partial charge is 0.464 e. The van der Waals surface area contributed by atoms with Gasteiger partial charge in [-0.3, -0.25) is 0 Å². The fraction of sp³-hybridized carbons (Fsp3) is 0.231. The maximum atomic E-state index is 11.7. The number of nitrogens with one attached hydrogen (secondary N) is 1. The molecule has 1 aromatic carbocycles. The van der Waals surface area contributed by atoms with Crippen LogP contribution in [0.3, 0.4) is 0 Å². The number of hydrogen-bond acceptors (Lipinski definition) is 4. The van der Waals surface area contributed by atoms with Crippen molar-refractivity contribution in [3.63, 3.8) is 0 Å². The first-order chi connectivity index (χ1) is 8.31. The molecule has 2 heterocycles. The van der Waals surface area contributed by atoms with E-state index < -0.39 is 0 Å². The number of rotatable bonds is 1. The zero-order chi connectivity index (χ0) is 11.8. The van der Waals surface area contributed by atoms with Crippen LogP contribution in [-0.4, -0.2) is 18.1 Å². The molecule has 0 saturated carbocycles. The fourth-order valence-electron chi connectivity index (χ4n) is 2.29. The van der Waals surface area contributed by atoms with Crippen LogP contribution in [-0.2, 0) is 17.8 Å². The molecular formula is C13H12N2O2. The number of aromatic nitrogens is 1. The van der Waals surface area contributed by atoms with Crippen molar-refractivity contribution in [2.75, 3.05) is 7.11 Å². The minimum absolute atomic E-state index is 0.365. The Kier molecular flexibility index (Phi) is 2.30. The monoisotopic (exact) mass is 228 g/mol. The number of methoxy groups -OCH3 is 1. The van der Waals surface area contributed by atoms with Gasteiger partial charge in [-0.25, -0.2) is 9.78 Å². The molecule has 2 aromatic rings. The number of nitrogens with zero attached hydrogens (tertiary/aromatic N) is 1. The smallest absolute Gasteiger partial charge is 0.357 e. The van der Waals surface area contributed by atoms with Crippen molar-refractivity contribution in [3.8, 4) is 0 Å². The third-order valence-corrected chi connectivity index (χ3v) is 3.09. The van der Waals surface area contributed by atoms with Gasteiger partial charge >= 0.3 is 5.97 Å².